The van der Waals surface area contributed by atoms with Crippen LogP contribution in [0.5, 0.6) is 5.75 Å². The first-order valence-corrected chi connectivity index (χ1v) is 8.23. The monoisotopic (exact) mass is 337 g/mol. The Bertz CT molecular complexity index is 568. The third-order valence-corrected chi connectivity index (χ3v) is 4.53. The summed E-state index contributed by atoms with van der Waals surface area (Å²) in [5, 5.41) is 7.89. The van der Waals surface area contributed by atoms with Gasteiger partial charge in [-0.15, -0.1) is 0 Å². The van der Waals surface area contributed by atoms with Gasteiger partial charge in [-0.3, -0.25) is 0 Å². The molecule has 0 aliphatic carbocycles. The molecule has 0 amide bonds. The highest BCUT2D eigenvalue weighted by Crippen LogP contribution is 2.39. The Morgan fingerprint density at radius 1 is 1.47 bits per heavy atom. The third kappa shape index (κ3) is 2.57. The van der Waals surface area contributed by atoms with E-state index in [0.717, 1.165) is 29.8 Å². The molecular formula is C15H16BrNOS. The first-order chi connectivity index (χ1) is 9.29. The Morgan fingerprint density at radius 3 is 3.11 bits per heavy atom. The van der Waals surface area contributed by atoms with E-state index in [2.05, 4.69) is 57.1 Å². The average Bonchev–Trinajstić information content (AvgIpc) is 3.05. The standard InChI is InChI=1S/C15H16BrNOS/c1-2-17-14(11-4-6-19-9-11)13-8-12(16)7-10-3-5-18-15(10)13/h4,6-9,14,17H,2-3,5H2,1H3. The Kier molecular flexibility index (Phi) is 3.91. The van der Waals surface area contributed by atoms with Crippen molar-refractivity contribution in [3.05, 3.63) is 50.1 Å². The van der Waals surface area contributed by atoms with Crippen molar-refractivity contribution >= 4 is 27.3 Å². The Hall–Kier alpha value is -0.840. The molecule has 0 fully saturated rings. The van der Waals surface area contributed by atoms with E-state index in [4.69, 9.17) is 4.74 Å². The van der Waals surface area contributed by atoms with Crippen LogP contribution in [0.15, 0.2) is 33.4 Å². The van der Waals surface area contributed by atoms with Gasteiger partial charge in [0.05, 0.1) is 12.6 Å². The van der Waals surface area contributed by atoms with E-state index in [1.54, 1.807) is 11.3 Å². The number of rotatable bonds is 4. The predicted molar refractivity (Wildman–Crippen MR) is 83.2 cm³/mol. The van der Waals surface area contributed by atoms with Gasteiger partial charge in [0, 0.05) is 16.5 Å². The van der Waals surface area contributed by atoms with Crippen molar-refractivity contribution in [1.29, 1.82) is 0 Å². The van der Waals surface area contributed by atoms with Crippen LogP contribution in [0.1, 0.15) is 29.7 Å². The van der Waals surface area contributed by atoms with Crippen LogP contribution in [0.2, 0.25) is 0 Å². The van der Waals surface area contributed by atoms with E-state index in [9.17, 15) is 0 Å². The fraction of sp³-hybridized carbons (Fsp3) is 0.333. The van der Waals surface area contributed by atoms with Crippen LogP contribution >= 0.6 is 27.3 Å². The van der Waals surface area contributed by atoms with Crippen molar-refractivity contribution in [2.45, 2.75) is 19.4 Å². The van der Waals surface area contributed by atoms with Crippen molar-refractivity contribution < 1.29 is 4.74 Å². The van der Waals surface area contributed by atoms with E-state index in [1.165, 1.54) is 16.7 Å². The Labute approximate surface area is 125 Å². The first kappa shape index (κ1) is 13.2. The zero-order valence-corrected chi connectivity index (χ0v) is 13.2. The molecule has 1 N–H and O–H groups in total. The molecule has 0 spiro atoms. The largest absolute Gasteiger partial charge is 0.493 e. The number of ether oxygens (including phenoxy) is 1. The van der Waals surface area contributed by atoms with Gasteiger partial charge in [-0.25, -0.2) is 0 Å². The molecule has 4 heteroatoms. The number of thiophene rings is 1. The fourth-order valence-corrected chi connectivity index (χ4v) is 3.77. The van der Waals surface area contributed by atoms with Crippen LogP contribution in [0.4, 0.5) is 0 Å². The molecule has 1 aromatic carbocycles. The Balaban J connectivity index is 2.08. The van der Waals surface area contributed by atoms with E-state index in [1.807, 2.05) is 0 Å². The van der Waals surface area contributed by atoms with E-state index in [-0.39, 0.29) is 6.04 Å². The molecule has 100 valence electrons. The minimum atomic E-state index is 0.209. The van der Waals surface area contributed by atoms with Gasteiger partial charge in [-0.05, 0) is 46.6 Å². The van der Waals surface area contributed by atoms with Crippen LogP contribution in [-0.4, -0.2) is 13.2 Å². The van der Waals surface area contributed by atoms with Gasteiger partial charge in [-0.2, -0.15) is 11.3 Å². The van der Waals surface area contributed by atoms with E-state index >= 15 is 0 Å². The summed E-state index contributed by atoms with van der Waals surface area (Å²) < 4.78 is 6.98. The molecule has 1 aromatic heterocycles. The van der Waals surface area contributed by atoms with Crippen molar-refractivity contribution in [3.63, 3.8) is 0 Å². The number of hydrogen-bond donors (Lipinski definition) is 1. The molecule has 19 heavy (non-hydrogen) atoms. The van der Waals surface area contributed by atoms with Crippen molar-refractivity contribution in [2.75, 3.05) is 13.2 Å². The molecule has 0 bridgehead atoms. The summed E-state index contributed by atoms with van der Waals surface area (Å²) in [6.07, 6.45) is 1.00. The number of fused-ring (bicyclic) bond motifs is 1. The minimum Gasteiger partial charge on any atom is -0.493 e. The average molecular weight is 338 g/mol. The molecule has 1 atom stereocenters. The lowest BCUT2D eigenvalue weighted by Gasteiger charge is -2.20. The first-order valence-electron chi connectivity index (χ1n) is 6.50. The summed E-state index contributed by atoms with van der Waals surface area (Å²) in [6, 6.07) is 6.73. The van der Waals surface area contributed by atoms with Gasteiger partial charge in [-0.1, -0.05) is 22.9 Å². The van der Waals surface area contributed by atoms with Crippen molar-refractivity contribution in [3.8, 4) is 5.75 Å². The maximum atomic E-state index is 5.85. The second-order valence-electron chi connectivity index (χ2n) is 4.63. The van der Waals surface area contributed by atoms with Crippen LogP contribution in [0.25, 0.3) is 0 Å². The lowest BCUT2D eigenvalue weighted by Crippen LogP contribution is -2.22. The maximum Gasteiger partial charge on any atom is 0.127 e. The molecule has 2 nitrogen and oxygen atoms in total. The fourth-order valence-electron chi connectivity index (χ4n) is 2.56. The summed E-state index contributed by atoms with van der Waals surface area (Å²) in [5.41, 5.74) is 3.85. The second-order valence-corrected chi connectivity index (χ2v) is 6.32. The minimum absolute atomic E-state index is 0.209. The van der Waals surface area contributed by atoms with Crippen LogP contribution in [0.3, 0.4) is 0 Å². The molecule has 0 radical (unpaired) electrons. The zero-order valence-electron chi connectivity index (χ0n) is 10.8. The number of nitrogens with one attached hydrogen (secondary N) is 1. The zero-order chi connectivity index (χ0) is 13.2. The van der Waals surface area contributed by atoms with Crippen molar-refractivity contribution in [1.82, 2.24) is 5.32 Å². The van der Waals surface area contributed by atoms with Gasteiger partial charge >= 0.3 is 0 Å². The molecular weight excluding hydrogens is 322 g/mol. The van der Waals surface area contributed by atoms with Crippen molar-refractivity contribution in [2.24, 2.45) is 0 Å². The molecule has 1 aliphatic heterocycles. The van der Waals surface area contributed by atoms with Gasteiger partial charge in [0.25, 0.3) is 0 Å². The Morgan fingerprint density at radius 2 is 2.37 bits per heavy atom. The molecule has 1 aliphatic rings. The summed E-state index contributed by atoms with van der Waals surface area (Å²) in [4.78, 5) is 0. The maximum absolute atomic E-state index is 5.85. The second kappa shape index (κ2) is 5.65. The van der Waals surface area contributed by atoms with Crippen LogP contribution < -0.4 is 10.1 Å². The van der Waals surface area contributed by atoms with Crippen LogP contribution in [0, 0.1) is 0 Å². The molecule has 0 saturated carbocycles. The summed E-state index contributed by atoms with van der Waals surface area (Å²) in [7, 11) is 0. The predicted octanol–water partition coefficient (Wildman–Crippen LogP) is 4.14. The highest BCUT2D eigenvalue weighted by Gasteiger charge is 2.24. The number of hydrogen-bond acceptors (Lipinski definition) is 3. The lowest BCUT2D eigenvalue weighted by atomic mass is 9.97. The highest BCUT2D eigenvalue weighted by atomic mass is 79.9. The summed E-state index contributed by atoms with van der Waals surface area (Å²) in [6.45, 7) is 3.86. The SMILES string of the molecule is CCNC(c1ccsc1)c1cc(Br)cc2c1OCC2. The number of benzene rings is 1. The highest BCUT2D eigenvalue weighted by molar-refractivity contribution is 9.10. The topological polar surface area (TPSA) is 21.3 Å². The van der Waals surface area contributed by atoms with E-state index < -0.39 is 0 Å². The summed E-state index contributed by atoms with van der Waals surface area (Å²) >= 11 is 5.35. The molecule has 2 heterocycles. The number of halogens is 1. The normalized spacial score (nSPS) is 15.1. The smallest absolute Gasteiger partial charge is 0.127 e. The van der Waals surface area contributed by atoms with Crippen LogP contribution in [-0.2, 0) is 6.42 Å². The van der Waals surface area contributed by atoms with Gasteiger partial charge in [0.2, 0.25) is 0 Å². The molecule has 1 unspecified atom stereocenters. The molecule has 2 aromatic rings. The summed E-state index contributed by atoms with van der Waals surface area (Å²) in [5.74, 6) is 1.07. The van der Waals surface area contributed by atoms with E-state index in [0.29, 0.717) is 0 Å². The quantitative estimate of drug-likeness (QED) is 0.904. The van der Waals surface area contributed by atoms with Gasteiger partial charge < -0.3 is 10.1 Å². The van der Waals surface area contributed by atoms with Gasteiger partial charge in [0.1, 0.15) is 5.75 Å². The lowest BCUT2D eigenvalue weighted by molar-refractivity contribution is 0.350. The third-order valence-electron chi connectivity index (χ3n) is 3.37. The molecule has 0 saturated heterocycles. The molecule has 3 rings (SSSR count). The van der Waals surface area contributed by atoms with Gasteiger partial charge in [0.15, 0.2) is 0 Å².